The number of nitrogens with one attached hydrogen (secondary N) is 2. The van der Waals surface area contributed by atoms with Gasteiger partial charge in [0.1, 0.15) is 5.75 Å². The van der Waals surface area contributed by atoms with Gasteiger partial charge >= 0.3 is 0 Å². The Balaban J connectivity index is 1.83. The Labute approximate surface area is 144 Å². The fraction of sp³-hybridized carbons (Fsp3) is 0.500. The van der Waals surface area contributed by atoms with Crippen molar-refractivity contribution in [1.29, 1.82) is 0 Å². The number of carbonyl (C=O) groups excluding carboxylic acids is 2. The molecule has 6 nitrogen and oxygen atoms in total. The monoisotopic (exact) mass is 383 g/mol. The Bertz CT molecular complexity index is 566. The number of hydrogen-bond acceptors (Lipinski definition) is 4. The molecule has 0 atom stereocenters. The van der Waals surface area contributed by atoms with Crippen LogP contribution in [0.2, 0.25) is 0 Å². The Morgan fingerprint density at radius 1 is 1.35 bits per heavy atom. The average molecular weight is 384 g/mol. The molecule has 0 saturated carbocycles. The maximum absolute atomic E-state index is 12.0. The van der Waals surface area contributed by atoms with Crippen molar-refractivity contribution in [1.82, 2.24) is 10.6 Å². The Morgan fingerprint density at radius 2 is 2.17 bits per heavy atom. The molecule has 0 radical (unpaired) electrons. The van der Waals surface area contributed by atoms with Crippen molar-refractivity contribution in [2.24, 2.45) is 0 Å². The molecule has 0 spiro atoms. The second-order valence-electron chi connectivity index (χ2n) is 5.30. The molecule has 7 heteroatoms. The minimum absolute atomic E-state index is 0.00596. The minimum atomic E-state index is -0.128. The van der Waals surface area contributed by atoms with Crippen molar-refractivity contribution in [2.45, 2.75) is 19.8 Å². The lowest BCUT2D eigenvalue weighted by Crippen LogP contribution is -2.41. The van der Waals surface area contributed by atoms with Gasteiger partial charge in [-0.05, 0) is 31.2 Å². The molecule has 0 unspecified atom stereocenters. The summed E-state index contributed by atoms with van der Waals surface area (Å²) < 4.78 is 6.32. The van der Waals surface area contributed by atoms with Gasteiger partial charge in [-0.3, -0.25) is 9.59 Å². The number of anilines is 1. The molecule has 0 saturated heterocycles. The zero-order chi connectivity index (χ0) is 16.7. The van der Waals surface area contributed by atoms with Gasteiger partial charge in [0, 0.05) is 30.5 Å². The summed E-state index contributed by atoms with van der Waals surface area (Å²) in [6.45, 7) is 4.76. The molecule has 0 bridgehead atoms. The van der Waals surface area contributed by atoms with E-state index in [1.54, 1.807) is 4.90 Å². The van der Waals surface area contributed by atoms with Crippen LogP contribution in [-0.4, -0.2) is 44.6 Å². The number of amides is 2. The van der Waals surface area contributed by atoms with E-state index in [4.69, 9.17) is 4.74 Å². The summed E-state index contributed by atoms with van der Waals surface area (Å²) in [6.07, 6.45) is 1.34. The topological polar surface area (TPSA) is 70.7 Å². The molecule has 1 aliphatic rings. The lowest BCUT2D eigenvalue weighted by atomic mass is 10.2. The average Bonchev–Trinajstić information content (AvgIpc) is 2.54. The van der Waals surface area contributed by atoms with E-state index in [9.17, 15) is 9.59 Å². The Morgan fingerprint density at radius 3 is 2.96 bits per heavy atom. The van der Waals surface area contributed by atoms with E-state index in [0.717, 1.165) is 24.0 Å². The number of hydrogen-bond donors (Lipinski definition) is 2. The van der Waals surface area contributed by atoms with E-state index in [2.05, 4.69) is 33.5 Å². The number of carbonyl (C=O) groups is 2. The first kappa shape index (κ1) is 17.7. The predicted octanol–water partition coefficient (Wildman–Crippen LogP) is 1.68. The van der Waals surface area contributed by atoms with Crippen molar-refractivity contribution in [3.63, 3.8) is 0 Å². The first-order valence-corrected chi connectivity index (χ1v) is 8.61. The van der Waals surface area contributed by atoms with Gasteiger partial charge in [0.05, 0.1) is 5.69 Å². The van der Waals surface area contributed by atoms with Crippen molar-refractivity contribution >= 4 is 33.4 Å². The van der Waals surface area contributed by atoms with Crippen molar-refractivity contribution < 1.29 is 14.3 Å². The van der Waals surface area contributed by atoms with E-state index in [0.29, 0.717) is 24.5 Å². The summed E-state index contributed by atoms with van der Waals surface area (Å²) >= 11 is 3.38. The molecular weight excluding hydrogens is 362 g/mol. The van der Waals surface area contributed by atoms with Crippen LogP contribution in [0.3, 0.4) is 0 Å². The molecule has 2 N–H and O–H groups in total. The minimum Gasteiger partial charge on any atom is -0.482 e. The van der Waals surface area contributed by atoms with E-state index in [-0.39, 0.29) is 24.8 Å². The van der Waals surface area contributed by atoms with Crippen molar-refractivity contribution in [3.05, 3.63) is 22.7 Å². The highest BCUT2D eigenvalue weighted by molar-refractivity contribution is 9.10. The lowest BCUT2D eigenvalue weighted by molar-refractivity contribution is -0.122. The van der Waals surface area contributed by atoms with Crippen LogP contribution in [0.1, 0.15) is 19.8 Å². The second-order valence-corrected chi connectivity index (χ2v) is 6.21. The zero-order valence-electron chi connectivity index (χ0n) is 13.2. The molecule has 1 aromatic rings. The first-order chi connectivity index (χ1) is 11.1. The smallest absolute Gasteiger partial charge is 0.265 e. The molecule has 0 fully saturated rings. The van der Waals surface area contributed by atoms with Crippen LogP contribution in [-0.2, 0) is 9.59 Å². The lowest BCUT2D eigenvalue weighted by Gasteiger charge is -2.29. The first-order valence-electron chi connectivity index (χ1n) is 7.82. The number of ether oxygens (including phenoxy) is 1. The van der Waals surface area contributed by atoms with Crippen molar-refractivity contribution in [3.8, 4) is 5.75 Å². The third-order valence-corrected chi connectivity index (χ3v) is 3.97. The number of halogens is 1. The summed E-state index contributed by atoms with van der Waals surface area (Å²) in [4.78, 5) is 25.5. The normalized spacial score (nSPS) is 13.5. The molecule has 2 rings (SSSR count). The largest absolute Gasteiger partial charge is 0.482 e. The summed E-state index contributed by atoms with van der Waals surface area (Å²) in [7, 11) is 0. The SMILES string of the molecule is CCCNCCNC(=O)CCN1C(=O)COc2cc(Br)ccc21. The van der Waals surface area contributed by atoms with E-state index >= 15 is 0 Å². The summed E-state index contributed by atoms with van der Waals surface area (Å²) in [5.74, 6) is 0.474. The van der Waals surface area contributed by atoms with Crippen LogP contribution in [0.25, 0.3) is 0 Å². The van der Waals surface area contributed by atoms with Crippen LogP contribution in [0, 0.1) is 0 Å². The van der Waals surface area contributed by atoms with Crippen LogP contribution in [0.15, 0.2) is 22.7 Å². The number of rotatable bonds is 8. The Hall–Kier alpha value is -1.60. The van der Waals surface area contributed by atoms with E-state index in [1.807, 2.05) is 18.2 Å². The van der Waals surface area contributed by atoms with E-state index < -0.39 is 0 Å². The molecule has 0 aromatic heterocycles. The maximum Gasteiger partial charge on any atom is 0.265 e. The third-order valence-electron chi connectivity index (χ3n) is 3.48. The summed E-state index contributed by atoms with van der Waals surface area (Å²) in [5, 5.41) is 6.07. The van der Waals surface area contributed by atoms with Gasteiger partial charge in [0.2, 0.25) is 5.91 Å². The van der Waals surface area contributed by atoms with Gasteiger partial charge in [-0.1, -0.05) is 22.9 Å². The van der Waals surface area contributed by atoms with Gasteiger partial charge in [-0.15, -0.1) is 0 Å². The fourth-order valence-corrected chi connectivity index (χ4v) is 2.66. The molecule has 0 aliphatic carbocycles. The highest BCUT2D eigenvalue weighted by atomic mass is 79.9. The van der Waals surface area contributed by atoms with Gasteiger partial charge in [0.15, 0.2) is 6.61 Å². The molecular formula is C16H22BrN3O3. The third kappa shape index (κ3) is 5.21. The van der Waals surface area contributed by atoms with Crippen LogP contribution in [0.4, 0.5) is 5.69 Å². The molecule has 1 aliphatic heterocycles. The van der Waals surface area contributed by atoms with E-state index in [1.165, 1.54) is 0 Å². The molecule has 2 amide bonds. The van der Waals surface area contributed by atoms with Gasteiger partial charge in [0.25, 0.3) is 5.91 Å². The quantitative estimate of drug-likeness (QED) is 0.670. The van der Waals surface area contributed by atoms with Crippen LogP contribution < -0.4 is 20.3 Å². The van der Waals surface area contributed by atoms with Crippen LogP contribution >= 0.6 is 15.9 Å². The molecule has 1 aromatic carbocycles. The fourth-order valence-electron chi connectivity index (χ4n) is 2.32. The highest BCUT2D eigenvalue weighted by Gasteiger charge is 2.25. The van der Waals surface area contributed by atoms with Gasteiger partial charge in [-0.2, -0.15) is 0 Å². The standard InChI is InChI=1S/C16H22BrN3O3/c1-2-6-18-7-8-19-15(21)5-9-20-13-4-3-12(17)10-14(13)23-11-16(20)22/h3-4,10,18H,2,5-9,11H2,1H3,(H,19,21). The van der Waals surface area contributed by atoms with Crippen molar-refractivity contribution in [2.75, 3.05) is 37.7 Å². The maximum atomic E-state index is 12.0. The molecule has 23 heavy (non-hydrogen) atoms. The molecule has 126 valence electrons. The predicted molar refractivity (Wildman–Crippen MR) is 92.8 cm³/mol. The Kier molecular flexibility index (Phi) is 6.85. The van der Waals surface area contributed by atoms with Gasteiger partial charge in [-0.25, -0.2) is 0 Å². The zero-order valence-corrected chi connectivity index (χ0v) is 14.8. The summed E-state index contributed by atoms with van der Waals surface area (Å²) in [5.41, 5.74) is 0.710. The van der Waals surface area contributed by atoms with Crippen LogP contribution in [0.5, 0.6) is 5.75 Å². The molecule has 1 heterocycles. The summed E-state index contributed by atoms with van der Waals surface area (Å²) in [6, 6.07) is 5.50. The number of benzene rings is 1. The van der Waals surface area contributed by atoms with Gasteiger partial charge < -0.3 is 20.3 Å². The number of nitrogens with zero attached hydrogens (tertiary/aromatic N) is 1. The number of fused-ring (bicyclic) bond motifs is 1. The second kappa shape index (κ2) is 8.88. The highest BCUT2D eigenvalue weighted by Crippen LogP contribution is 2.34.